The van der Waals surface area contributed by atoms with Gasteiger partial charge in [-0.05, 0) is 36.5 Å². The zero-order chi connectivity index (χ0) is 7.82. The molecule has 0 fully saturated rings. The standard InChI is InChI=1S/C6H16NPS2/c7-1-2-8(3-5-9)4-6-10/h9-10H,1-7H2. The maximum atomic E-state index is 5.46. The molecule has 0 aliphatic carbocycles. The minimum atomic E-state index is 0.161. The Balaban J connectivity index is 3.30. The normalized spacial score (nSPS) is 10.8. The highest BCUT2D eigenvalue weighted by Gasteiger charge is 2.03. The minimum Gasteiger partial charge on any atom is -0.330 e. The quantitative estimate of drug-likeness (QED) is 0.434. The van der Waals surface area contributed by atoms with Crippen molar-refractivity contribution in [2.75, 3.05) is 36.5 Å². The van der Waals surface area contributed by atoms with Crippen molar-refractivity contribution in [2.24, 2.45) is 5.73 Å². The fraction of sp³-hybridized carbons (Fsp3) is 1.00. The Bertz CT molecular complexity index is 58.5. The van der Waals surface area contributed by atoms with Gasteiger partial charge in [-0.15, -0.1) is 7.92 Å². The average molecular weight is 197 g/mol. The SMILES string of the molecule is NCCP(CCS)CCS. The van der Waals surface area contributed by atoms with Crippen molar-refractivity contribution in [3.63, 3.8) is 0 Å². The van der Waals surface area contributed by atoms with Crippen LogP contribution in [-0.2, 0) is 0 Å². The lowest BCUT2D eigenvalue weighted by Gasteiger charge is -2.13. The molecule has 1 nitrogen and oxygen atoms in total. The topological polar surface area (TPSA) is 26.0 Å². The molecule has 0 bridgehead atoms. The molecule has 0 heterocycles. The summed E-state index contributed by atoms with van der Waals surface area (Å²) in [5, 5.41) is 0. The van der Waals surface area contributed by atoms with Gasteiger partial charge >= 0.3 is 0 Å². The van der Waals surface area contributed by atoms with Gasteiger partial charge in [0, 0.05) is 0 Å². The lowest BCUT2D eigenvalue weighted by atomic mass is 10.8. The van der Waals surface area contributed by atoms with Crippen LogP contribution in [0.4, 0.5) is 0 Å². The zero-order valence-corrected chi connectivity index (χ0v) is 8.84. The summed E-state index contributed by atoms with van der Waals surface area (Å²) in [6.07, 6.45) is 3.68. The smallest absolute Gasteiger partial charge is 0.00378 e. The molecule has 0 aliphatic rings. The first-order valence-electron chi connectivity index (χ1n) is 3.49. The monoisotopic (exact) mass is 197 g/mol. The Kier molecular flexibility index (Phi) is 9.08. The molecule has 0 rings (SSSR count). The molecule has 0 amide bonds. The van der Waals surface area contributed by atoms with Crippen molar-refractivity contribution in [1.82, 2.24) is 0 Å². The van der Waals surface area contributed by atoms with Gasteiger partial charge in [0.2, 0.25) is 0 Å². The molecule has 62 valence electrons. The predicted octanol–water partition coefficient (Wildman–Crippen LogP) is 1.29. The summed E-state index contributed by atoms with van der Waals surface area (Å²) in [6, 6.07) is 0. The molecular weight excluding hydrogens is 181 g/mol. The fourth-order valence-electron chi connectivity index (χ4n) is 0.801. The van der Waals surface area contributed by atoms with Crippen LogP contribution in [0.2, 0.25) is 0 Å². The summed E-state index contributed by atoms with van der Waals surface area (Å²) in [6.45, 7) is 0.827. The number of hydrogen-bond donors (Lipinski definition) is 3. The Morgan fingerprint density at radius 1 is 1.00 bits per heavy atom. The van der Waals surface area contributed by atoms with E-state index in [1.54, 1.807) is 0 Å². The summed E-state index contributed by atoms with van der Waals surface area (Å²) >= 11 is 8.39. The van der Waals surface area contributed by atoms with Crippen molar-refractivity contribution in [1.29, 1.82) is 0 Å². The van der Waals surface area contributed by atoms with Gasteiger partial charge in [-0.3, -0.25) is 0 Å². The number of rotatable bonds is 6. The average Bonchev–Trinajstić information content (AvgIpc) is 1.90. The number of thiol groups is 2. The van der Waals surface area contributed by atoms with E-state index in [4.69, 9.17) is 5.73 Å². The van der Waals surface area contributed by atoms with Gasteiger partial charge < -0.3 is 5.73 Å². The van der Waals surface area contributed by atoms with Gasteiger partial charge in [0.1, 0.15) is 0 Å². The van der Waals surface area contributed by atoms with E-state index in [0.717, 1.165) is 18.1 Å². The Labute approximate surface area is 75.7 Å². The second kappa shape index (κ2) is 8.19. The van der Waals surface area contributed by atoms with Gasteiger partial charge in [0.05, 0.1) is 0 Å². The van der Waals surface area contributed by atoms with E-state index >= 15 is 0 Å². The van der Waals surface area contributed by atoms with Crippen molar-refractivity contribution in [3.05, 3.63) is 0 Å². The predicted molar refractivity (Wildman–Crippen MR) is 58.3 cm³/mol. The molecule has 10 heavy (non-hydrogen) atoms. The van der Waals surface area contributed by atoms with Crippen LogP contribution in [0.25, 0.3) is 0 Å². The van der Waals surface area contributed by atoms with Crippen molar-refractivity contribution >= 4 is 33.2 Å². The van der Waals surface area contributed by atoms with Gasteiger partial charge in [-0.1, -0.05) is 0 Å². The molecule has 2 N–H and O–H groups in total. The highest BCUT2D eigenvalue weighted by molar-refractivity contribution is 7.81. The van der Waals surface area contributed by atoms with Crippen molar-refractivity contribution in [3.8, 4) is 0 Å². The van der Waals surface area contributed by atoms with Crippen LogP contribution >= 0.6 is 33.2 Å². The third kappa shape index (κ3) is 5.84. The summed E-state index contributed by atoms with van der Waals surface area (Å²) in [4.78, 5) is 0. The van der Waals surface area contributed by atoms with E-state index in [0.29, 0.717) is 0 Å². The van der Waals surface area contributed by atoms with Crippen molar-refractivity contribution < 1.29 is 0 Å². The first-order valence-corrected chi connectivity index (χ1v) is 6.65. The Morgan fingerprint density at radius 2 is 1.50 bits per heavy atom. The maximum Gasteiger partial charge on any atom is -0.00378 e. The van der Waals surface area contributed by atoms with Crippen LogP contribution in [0.3, 0.4) is 0 Å². The van der Waals surface area contributed by atoms with E-state index in [1.807, 2.05) is 0 Å². The fourth-order valence-corrected chi connectivity index (χ4v) is 4.10. The Hall–Kier alpha value is 1.09. The molecule has 0 saturated carbocycles. The van der Waals surface area contributed by atoms with Crippen molar-refractivity contribution in [2.45, 2.75) is 0 Å². The largest absolute Gasteiger partial charge is 0.330 e. The highest BCUT2D eigenvalue weighted by Crippen LogP contribution is 2.33. The zero-order valence-electron chi connectivity index (χ0n) is 6.16. The summed E-state index contributed by atoms with van der Waals surface area (Å²) in [5.41, 5.74) is 5.46. The summed E-state index contributed by atoms with van der Waals surface area (Å²) in [7, 11) is 0.161. The molecule has 4 heteroatoms. The molecule has 0 spiro atoms. The van der Waals surface area contributed by atoms with E-state index in [-0.39, 0.29) is 7.92 Å². The van der Waals surface area contributed by atoms with Gasteiger partial charge in [-0.2, -0.15) is 25.3 Å². The van der Waals surface area contributed by atoms with Crippen LogP contribution in [0.15, 0.2) is 0 Å². The molecule has 0 aliphatic heterocycles. The van der Waals surface area contributed by atoms with E-state index in [2.05, 4.69) is 25.3 Å². The van der Waals surface area contributed by atoms with Crippen LogP contribution in [0.1, 0.15) is 0 Å². The maximum absolute atomic E-state index is 5.46. The first-order chi connectivity index (χ1) is 4.85. The molecule has 0 atom stereocenters. The van der Waals surface area contributed by atoms with Gasteiger partial charge in [-0.25, -0.2) is 0 Å². The van der Waals surface area contributed by atoms with Crippen LogP contribution in [0, 0.1) is 0 Å². The lowest BCUT2D eigenvalue weighted by Crippen LogP contribution is -2.07. The number of nitrogens with two attached hydrogens (primary N) is 1. The van der Waals surface area contributed by atoms with Crippen LogP contribution in [-0.4, -0.2) is 36.5 Å². The Morgan fingerprint density at radius 3 is 1.80 bits per heavy atom. The van der Waals surface area contributed by atoms with Crippen LogP contribution in [0.5, 0.6) is 0 Å². The molecular formula is C6H16NPS2. The molecule has 0 radical (unpaired) electrons. The third-order valence-electron chi connectivity index (χ3n) is 1.28. The minimum absolute atomic E-state index is 0.161. The molecule has 0 unspecified atom stereocenters. The van der Waals surface area contributed by atoms with Gasteiger partial charge in [0.15, 0.2) is 0 Å². The second-order valence-corrected chi connectivity index (χ2v) is 5.66. The first kappa shape index (κ1) is 11.1. The van der Waals surface area contributed by atoms with E-state index in [9.17, 15) is 0 Å². The van der Waals surface area contributed by atoms with E-state index in [1.165, 1.54) is 18.5 Å². The lowest BCUT2D eigenvalue weighted by molar-refractivity contribution is 1.13. The summed E-state index contributed by atoms with van der Waals surface area (Å²) < 4.78 is 0. The molecule has 0 saturated heterocycles. The van der Waals surface area contributed by atoms with Gasteiger partial charge in [0.25, 0.3) is 0 Å². The molecule has 0 aromatic heterocycles. The molecule has 0 aromatic rings. The third-order valence-corrected chi connectivity index (χ3v) is 5.03. The second-order valence-electron chi connectivity index (χ2n) is 2.08. The van der Waals surface area contributed by atoms with E-state index < -0.39 is 0 Å². The molecule has 0 aromatic carbocycles. The number of hydrogen-bond acceptors (Lipinski definition) is 3. The highest BCUT2D eigenvalue weighted by atomic mass is 32.1. The van der Waals surface area contributed by atoms with Crippen LogP contribution < -0.4 is 5.73 Å². The summed E-state index contributed by atoms with van der Waals surface area (Å²) in [5.74, 6) is 2.00.